The Morgan fingerprint density at radius 2 is 2.00 bits per heavy atom. The molecule has 3 rings (SSSR count). The van der Waals surface area contributed by atoms with E-state index in [-0.39, 0.29) is 25.0 Å². The monoisotopic (exact) mass is 284 g/mol. The van der Waals surface area contributed by atoms with E-state index in [1.54, 1.807) is 24.3 Å². The Morgan fingerprint density at radius 3 is 2.75 bits per heavy atom. The third kappa shape index (κ3) is 2.30. The molecule has 1 aromatic rings. The molecule has 0 amide bonds. The van der Waals surface area contributed by atoms with Gasteiger partial charge in [-0.1, -0.05) is 12.1 Å². The fraction of sp³-hybridized carbons (Fsp3) is 0.533. The van der Waals surface area contributed by atoms with E-state index in [4.69, 9.17) is 4.74 Å². The van der Waals surface area contributed by atoms with E-state index in [2.05, 4.69) is 0 Å². The summed E-state index contributed by atoms with van der Waals surface area (Å²) in [4.78, 5) is 12.2. The van der Waals surface area contributed by atoms with Gasteiger partial charge in [-0.2, -0.15) is 13.2 Å². The first-order valence-corrected chi connectivity index (χ1v) is 6.78. The summed E-state index contributed by atoms with van der Waals surface area (Å²) in [5.41, 5.74) is -0.489. The van der Waals surface area contributed by atoms with Crippen molar-refractivity contribution in [3.8, 4) is 5.75 Å². The van der Waals surface area contributed by atoms with Crippen molar-refractivity contribution in [2.45, 2.75) is 43.9 Å². The zero-order valence-corrected chi connectivity index (χ0v) is 10.9. The average molecular weight is 284 g/mol. The van der Waals surface area contributed by atoms with Gasteiger partial charge in [-0.3, -0.25) is 4.79 Å². The largest absolute Gasteiger partial charge is 0.486 e. The number of benzene rings is 1. The number of halogens is 3. The predicted molar refractivity (Wildman–Crippen MR) is 66.8 cm³/mol. The molecule has 0 saturated heterocycles. The SMILES string of the molecule is O=C1CC2(CCCC(C(F)(F)F)C2)Oc2ccccc21. The molecular formula is C15H15F3O2. The van der Waals surface area contributed by atoms with Gasteiger partial charge in [0.05, 0.1) is 17.9 Å². The maximum absolute atomic E-state index is 12.9. The van der Waals surface area contributed by atoms with Gasteiger partial charge in [-0.15, -0.1) is 0 Å². The van der Waals surface area contributed by atoms with Gasteiger partial charge < -0.3 is 4.74 Å². The summed E-state index contributed by atoms with van der Waals surface area (Å²) >= 11 is 0. The first-order valence-electron chi connectivity index (χ1n) is 6.78. The molecule has 2 aliphatic rings. The average Bonchev–Trinajstić information content (AvgIpc) is 2.37. The molecule has 2 nitrogen and oxygen atoms in total. The maximum Gasteiger partial charge on any atom is 0.391 e. The molecule has 1 aliphatic carbocycles. The number of ether oxygens (including phenoxy) is 1. The molecule has 1 spiro atoms. The Labute approximate surface area is 114 Å². The number of para-hydroxylation sites is 1. The van der Waals surface area contributed by atoms with Crippen LogP contribution in [0.2, 0.25) is 0 Å². The van der Waals surface area contributed by atoms with Gasteiger partial charge >= 0.3 is 6.18 Å². The second-order valence-corrected chi connectivity index (χ2v) is 5.72. The van der Waals surface area contributed by atoms with Crippen molar-refractivity contribution in [2.75, 3.05) is 0 Å². The van der Waals surface area contributed by atoms with Gasteiger partial charge in [-0.05, 0) is 37.8 Å². The first-order chi connectivity index (χ1) is 9.40. The molecule has 20 heavy (non-hydrogen) atoms. The van der Waals surface area contributed by atoms with E-state index in [0.717, 1.165) is 0 Å². The Hall–Kier alpha value is -1.52. The third-order valence-corrected chi connectivity index (χ3v) is 4.26. The van der Waals surface area contributed by atoms with Crippen LogP contribution in [0.25, 0.3) is 0 Å². The second-order valence-electron chi connectivity index (χ2n) is 5.72. The molecule has 2 atom stereocenters. The molecule has 1 fully saturated rings. The molecule has 0 N–H and O–H groups in total. The molecule has 1 aromatic carbocycles. The molecule has 5 heteroatoms. The van der Waals surface area contributed by atoms with Crippen LogP contribution in [0.1, 0.15) is 42.5 Å². The number of carbonyl (C=O) groups excluding carboxylic acids is 1. The van der Waals surface area contributed by atoms with Crippen LogP contribution >= 0.6 is 0 Å². The summed E-state index contributed by atoms with van der Waals surface area (Å²) in [6, 6.07) is 6.78. The fourth-order valence-corrected chi connectivity index (χ4v) is 3.30. The Morgan fingerprint density at radius 1 is 1.25 bits per heavy atom. The zero-order chi connectivity index (χ0) is 14.4. The van der Waals surface area contributed by atoms with Crippen LogP contribution < -0.4 is 4.74 Å². The minimum atomic E-state index is -4.21. The van der Waals surface area contributed by atoms with Crippen LogP contribution in [0, 0.1) is 5.92 Å². The molecule has 1 saturated carbocycles. The number of carbonyl (C=O) groups is 1. The van der Waals surface area contributed by atoms with Crippen molar-refractivity contribution in [2.24, 2.45) is 5.92 Å². The van der Waals surface area contributed by atoms with Crippen molar-refractivity contribution < 1.29 is 22.7 Å². The number of alkyl halides is 3. The summed E-state index contributed by atoms with van der Waals surface area (Å²) in [5.74, 6) is -1.06. The zero-order valence-electron chi connectivity index (χ0n) is 10.9. The highest BCUT2D eigenvalue weighted by Gasteiger charge is 2.51. The summed E-state index contributed by atoms with van der Waals surface area (Å²) in [6.07, 6.45) is -3.19. The summed E-state index contributed by atoms with van der Waals surface area (Å²) < 4.78 is 44.6. The highest BCUT2D eigenvalue weighted by Crippen LogP contribution is 2.47. The Kier molecular flexibility index (Phi) is 3.03. The third-order valence-electron chi connectivity index (χ3n) is 4.26. The van der Waals surface area contributed by atoms with E-state index < -0.39 is 17.7 Å². The minimum Gasteiger partial charge on any atom is -0.486 e. The van der Waals surface area contributed by atoms with Crippen LogP contribution in [0.4, 0.5) is 13.2 Å². The Bertz CT molecular complexity index is 538. The molecule has 108 valence electrons. The topological polar surface area (TPSA) is 26.3 Å². The van der Waals surface area contributed by atoms with Gasteiger partial charge in [0.1, 0.15) is 11.4 Å². The van der Waals surface area contributed by atoms with E-state index in [9.17, 15) is 18.0 Å². The number of ketones is 1. The van der Waals surface area contributed by atoms with Crippen LogP contribution in [-0.4, -0.2) is 17.6 Å². The summed E-state index contributed by atoms with van der Waals surface area (Å²) in [6.45, 7) is 0. The number of rotatable bonds is 0. The lowest BCUT2D eigenvalue weighted by Gasteiger charge is -2.43. The van der Waals surface area contributed by atoms with Gasteiger partial charge in [0.2, 0.25) is 0 Å². The number of fused-ring (bicyclic) bond motifs is 1. The van der Waals surface area contributed by atoms with Crippen molar-refractivity contribution in [3.63, 3.8) is 0 Å². The molecule has 1 heterocycles. The number of Topliss-reactive ketones (excluding diaryl/α,β-unsaturated/α-hetero) is 1. The molecule has 1 aliphatic heterocycles. The second kappa shape index (κ2) is 4.50. The first kappa shape index (κ1) is 13.5. The van der Waals surface area contributed by atoms with Crippen molar-refractivity contribution in [3.05, 3.63) is 29.8 Å². The number of hydrogen-bond acceptors (Lipinski definition) is 2. The highest BCUT2D eigenvalue weighted by atomic mass is 19.4. The maximum atomic E-state index is 12.9. The van der Waals surface area contributed by atoms with Crippen LogP contribution in [0.5, 0.6) is 5.75 Å². The standard InChI is InChI=1S/C15H15F3O2/c16-15(17,18)10-4-3-7-14(8-10)9-12(19)11-5-1-2-6-13(11)20-14/h1-2,5-6,10H,3-4,7-9H2. The fourth-order valence-electron chi connectivity index (χ4n) is 3.30. The summed E-state index contributed by atoms with van der Waals surface area (Å²) in [7, 11) is 0. The number of hydrogen-bond donors (Lipinski definition) is 0. The van der Waals surface area contributed by atoms with Gasteiger partial charge in [-0.25, -0.2) is 0 Å². The quantitative estimate of drug-likeness (QED) is 0.715. The predicted octanol–water partition coefficient (Wildman–Crippen LogP) is 4.14. The summed E-state index contributed by atoms with van der Waals surface area (Å²) in [5, 5.41) is 0. The van der Waals surface area contributed by atoms with Crippen molar-refractivity contribution >= 4 is 5.78 Å². The molecule has 2 unspecified atom stereocenters. The van der Waals surface area contributed by atoms with E-state index in [0.29, 0.717) is 24.2 Å². The van der Waals surface area contributed by atoms with Crippen molar-refractivity contribution in [1.29, 1.82) is 0 Å². The van der Waals surface area contributed by atoms with Crippen LogP contribution in [-0.2, 0) is 0 Å². The van der Waals surface area contributed by atoms with E-state index >= 15 is 0 Å². The lowest BCUT2D eigenvalue weighted by atomic mass is 9.73. The molecule has 0 aromatic heterocycles. The van der Waals surface area contributed by atoms with Gasteiger partial charge in [0, 0.05) is 0 Å². The van der Waals surface area contributed by atoms with Gasteiger partial charge in [0.15, 0.2) is 5.78 Å². The lowest BCUT2D eigenvalue weighted by Crippen LogP contribution is -2.48. The van der Waals surface area contributed by atoms with Crippen LogP contribution in [0.3, 0.4) is 0 Å². The molecular weight excluding hydrogens is 269 g/mol. The highest BCUT2D eigenvalue weighted by molar-refractivity contribution is 6.00. The molecule has 0 bridgehead atoms. The van der Waals surface area contributed by atoms with Gasteiger partial charge in [0.25, 0.3) is 0 Å². The smallest absolute Gasteiger partial charge is 0.391 e. The van der Waals surface area contributed by atoms with Crippen molar-refractivity contribution in [1.82, 2.24) is 0 Å². The minimum absolute atomic E-state index is 0.0522. The lowest BCUT2D eigenvalue weighted by molar-refractivity contribution is -0.197. The normalized spacial score (nSPS) is 29.9. The Balaban J connectivity index is 1.89. The van der Waals surface area contributed by atoms with Crippen LogP contribution in [0.15, 0.2) is 24.3 Å². The molecule has 0 radical (unpaired) electrons. The van der Waals surface area contributed by atoms with E-state index in [1.807, 2.05) is 0 Å². The van der Waals surface area contributed by atoms with E-state index in [1.165, 1.54) is 0 Å².